The zero-order chi connectivity index (χ0) is 35.6. The third kappa shape index (κ3) is 5.20. The molecule has 0 N–H and O–H groups in total. The van der Waals surface area contributed by atoms with Crippen LogP contribution >= 0.6 is 11.8 Å². The Hall–Kier alpha value is -6.23. The molecule has 4 heteroatoms. The van der Waals surface area contributed by atoms with Crippen LogP contribution in [0.15, 0.2) is 187 Å². The zero-order valence-corrected chi connectivity index (χ0v) is 30.3. The average Bonchev–Trinajstić information content (AvgIpc) is 3.77. The fourth-order valence-corrected chi connectivity index (χ4v) is 9.91. The van der Waals surface area contributed by atoms with Gasteiger partial charge < -0.3 is 4.57 Å². The van der Waals surface area contributed by atoms with Gasteiger partial charge >= 0.3 is 0 Å². The van der Waals surface area contributed by atoms with Crippen LogP contribution in [0.1, 0.15) is 35.2 Å². The lowest BCUT2D eigenvalue weighted by Gasteiger charge is -2.18. The summed E-state index contributed by atoms with van der Waals surface area (Å²) in [5, 5.41) is 4.13. The summed E-state index contributed by atoms with van der Waals surface area (Å²) in [5.74, 6) is 1.38. The van der Waals surface area contributed by atoms with Gasteiger partial charge in [0, 0.05) is 49.4 Å². The molecule has 1 aliphatic heterocycles. The van der Waals surface area contributed by atoms with E-state index in [2.05, 4.69) is 187 Å². The molecule has 11 rings (SSSR count). The second-order valence-electron chi connectivity index (χ2n) is 14.4. The van der Waals surface area contributed by atoms with Crippen LogP contribution in [0, 0.1) is 0 Å². The van der Waals surface area contributed by atoms with E-state index in [1.54, 1.807) is 0 Å². The lowest BCUT2D eigenvalue weighted by Crippen LogP contribution is -2.06. The van der Waals surface area contributed by atoms with Crippen molar-refractivity contribution in [3.8, 4) is 28.1 Å². The normalized spacial score (nSPS) is 18.7. The molecular formula is C50H35N3S. The van der Waals surface area contributed by atoms with Crippen LogP contribution in [-0.4, -0.2) is 19.8 Å². The first kappa shape index (κ1) is 31.3. The van der Waals surface area contributed by atoms with Crippen LogP contribution in [0.5, 0.6) is 0 Å². The number of rotatable bonds is 5. The van der Waals surface area contributed by atoms with Crippen molar-refractivity contribution in [3.63, 3.8) is 0 Å². The van der Waals surface area contributed by atoms with Gasteiger partial charge in [0.1, 0.15) is 5.82 Å². The Morgan fingerprint density at radius 1 is 0.574 bits per heavy atom. The van der Waals surface area contributed by atoms with Crippen LogP contribution in [0.25, 0.3) is 66.4 Å². The van der Waals surface area contributed by atoms with Gasteiger partial charge in [-0.2, -0.15) is 0 Å². The standard InChI is InChI=1S/C50H35N3S/c1-3-11-32(12-4-1)33-19-23-35(24-20-33)49-40-16-7-9-17-44(40)51-50(52-49)36-25-21-34(22-26-36)37-27-28-45-41(29-37)42-31-48-43(39-15-8-10-18-47(39)54-48)30-46(42)53(45)38-13-5-2-6-14-38/h1-25,27-31,36,39,47H,26H2. The van der Waals surface area contributed by atoms with Crippen LogP contribution in [0.4, 0.5) is 0 Å². The fraction of sp³-hybridized carbons (Fsp3) is 0.0800. The molecule has 3 heterocycles. The first-order valence-corrected chi connectivity index (χ1v) is 19.6. The molecule has 2 aromatic heterocycles. The van der Waals surface area contributed by atoms with Crippen molar-refractivity contribution in [2.45, 2.75) is 28.4 Å². The molecule has 0 fully saturated rings. The molecule has 0 amide bonds. The van der Waals surface area contributed by atoms with E-state index in [4.69, 9.17) is 9.97 Å². The van der Waals surface area contributed by atoms with Crippen molar-refractivity contribution in [1.29, 1.82) is 0 Å². The van der Waals surface area contributed by atoms with Gasteiger partial charge in [0.25, 0.3) is 0 Å². The van der Waals surface area contributed by atoms with E-state index in [-0.39, 0.29) is 5.92 Å². The van der Waals surface area contributed by atoms with E-state index in [1.807, 2.05) is 11.8 Å². The number of benzene rings is 6. The van der Waals surface area contributed by atoms with E-state index < -0.39 is 0 Å². The third-order valence-electron chi connectivity index (χ3n) is 11.3. The predicted octanol–water partition coefficient (Wildman–Crippen LogP) is 12.9. The Morgan fingerprint density at radius 2 is 1.30 bits per heavy atom. The van der Waals surface area contributed by atoms with Crippen LogP contribution < -0.4 is 0 Å². The summed E-state index contributed by atoms with van der Waals surface area (Å²) in [7, 11) is 0. The zero-order valence-electron chi connectivity index (χ0n) is 29.5. The van der Waals surface area contributed by atoms with Gasteiger partial charge in [-0.05, 0) is 76.7 Å². The number of thioether (sulfide) groups is 1. The van der Waals surface area contributed by atoms with Crippen molar-refractivity contribution in [1.82, 2.24) is 14.5 Å². The molecule has 3 unspecified atom stereocenters. The summed E-state index contributed by atoms with van der Waals surface area (Å²) in [4.78, 5) is 11.8. The minimum Gasteiger partial charge on any atom is -0.309 e. The number of nitrogens with zero attached hydrogens (tertiary/aromatic N) is 3. The van der Waals surface area contributed by atoms with E-state index in [0.717, 1.165) is 34.4 Å². The minimum atomic E-state index is 0.0932. The second kappa shape index (κ2) is 12.7. The molecule has 256 valence electrons. The van der Waals surface area contributed by atoms with Crippen molar-refractivity contribution in [2.75, 3.05) is 0 Å². The highest BCUT2D eigenvalue weighted by molar-refractivity contribution is 8.00. The Kier molecular flexibility index (Phi) is 7.37. The summed E-state index contributed by atoms with van der Waals surface area (Å²) in [5.41, 5.74) is 13.1. The topological polar surface area (TPSA) is 30.7 Å². The molecular weight excluding hydrogens is 675 g/mol. The highest BCUT2D eigenvalue weighted by atomic mass is 32.2. The number of hydrogen-bond acceptors (Lipinski definition) is 3. The Morgan fingerprint density at radius 3 is 2.13 bits per heavy atom. The average molecular weight is 710 g/mol. The maximum Gasteiger partial charge on any atom is 0.136 e. The monoisotopic (exact) mass is 709 g/mol. The van der Waals surface area contributed by atoms with Crippen LogP contribution in [0.3, 0.4) is 0 Å². The molecule has 54 heavy (non-hydrogen) atoms. The van der Waals surface area contributed by atoms with E-state index >= 15 is 0 Å². The highest BCUT2D eigenvalue weighted by Gasteiger charge is 2.32. The van der Waals surface area contributed by atoms with Crippen molar-refractivity contribution in [2.24, 2.45) is 0 Å². The summed E-state index contributed by atoms with van der Waals surface area (Å²) >= 11 is 2.00. The molecule has 2 aliphatic carbocycles. The molecule has 8 aromatic rings. The second-order valence-corrected chi connectivity index (χ2v) is 15.7. The SMILES string of the molecule is C1=CC2Sc3cc4c5cc(C6=CCC(c7nc(-c8ccc(-c9ccccc9)cc8)c8ccccc8n7)C=C6)ccc5n(-c5ccccc5)c4cc3C2C=C1. The first-order chi connectivity index (χ1) is 26.7. The molecule has 3 aliphatic rings. The summed E-state index contributed by atoms with van der Waals surface area (Å²) < 4.78 is 2.44. The van der Waals surface area contributed by atoms with Gasteiger partial charge in [0.15, 0.2) is 0 Å². The molecule has 3 nitrogen and oxygen atoms in total. The maximum absolute atomic E-state index is 5.25. The number of fused-ring (bicyclic) bond motifs is 7. The van der Waals surface area contributed by atoms with E-state index in [0.29, 0.717) is 11.2 Å². The summed E-state index contributed by atoms with van der Waals surface area (Å²) in [6.45, 7) is 0. The highest BCUT2D eigenvalue weighted by Crippen LogP contribution is 2.50. The summed E-state index contributed by atoms with van der Waals surface area (Å²) in [6, 6.07) is 50.3. The number of para-hydroxylation sites is 2. The van der Waals surface area contributed by atoms with E-state index in [1.165, 1.54) is 60.2 Å². The van der Waals surface area contributed by atoms with Crippen LogP contribution in [0.2, 0.25) is 0 Å². The molecule has 0 spiro atoms. The number of aromatic nitrogens is 3. The maximum atomic E-state index is 5.25. The molecule has 0 saturated carbocycles. The molecule has 6 aromatic carbocycles. The molecule has 3 atom stereocenters. The number of hydrogen-bond donors (Lipinski definition) is 0. The van der Waals surface area contributed by atoms with Crippen molar-refractivity contribution in [3.05, 3.63) is 199 Å². The van der Waals surface area contributed by atoms with Crippen molar-refractivity contribution < 1.29 is 0 Å². The van der Waals surface area contributed by atoms with Crippen molar-refractivity contribution >= 4 is 50.0 Å². The predicted molar refractivity (Wildman–Crippen MR) is 226 cm³/mol. The van der Waals surface area contributed by atoms with Gasteiger partial charge in [0.05, 0.1) is 22.2 Å². The Balaban J connectivity index is 0.949. The lowest BCUT2D eigenvalue weighted by molar-refractivity contribution is 0.783. The third-order valence-corrected chi connectivity index (χ3v) is 12.6. The largest absolute Gasteiger partial charge is 0.309 e. The van der Waals surface area contributed by atoms with Gasteiger partial charge in [-0.25, -0.2) is 9.97 Å². The lowest BCUT2D eigenvalue weighted by atomic mass is 9.91. The van der Waals surface area contributed by atoms with Crippen LogP contribution in [-0.2, 0) is 0 Å². The van der Waals surface area contributed by atoms with Gasteiger partial charge in [-0.15, -0.1) is 11.8 Å². The first-order valence-electron chi connectivity index (χ1n) is 18.8. The van der Waals surface area contributed by atoms with Gasteiger partial charge in [0.2, 0.25) is 0 Å². The molecule has 0 radical (unpaired) electrons. The van der Waals surface area contributed by atoms with E-state index in [9.17, 15) is 0 Å². The van der Waals surface area contributed by atoms with Gasteiger partial charge in [-0.3, -0.25) is 0 Å². The molecule has 0 saturated heterocycles. The fourth-order valence-electron chi connectivity index (χ4n) is 8.54. The van der Waals surface area contributed by atoms with Gasteiger partial charge in [-0.1, -0.05) is 140 Å². The quantitative estimate of drug-likeness (QED) is 0.178. The molecule has 0 bridgehead atoms. The summed E-state index contributed by atoms with van der Waals surface area (Å²) in [6.07, 6.45) is 16.9. The number of allylic oxidation sites excluding steroid dienone is 7. The smallest absolute Gasteiger partial charge is 0.136 e. The Labute approximate surface area is 318 Å². The Bertz CT molecular complexity index is 2880. The minimum absolute atomic E-state index is 0.0932.